The van der Waals surface area contributed by atoms with Gasteiger partial charge in [-0.25, -0.2) is 9.37 Å². The predicted molar refractivity (Wildman–Crippen MR) is 84.2 cm³/mol. The van der Waals surface area contributed by atoms with E-state index in [4.69, 9.17) is 11.6 Å². The third-order valence-electron chi connectivity index (χ3n) is 4.37. The van der Waals surface area contributed by atoms with Gasteiger partial charge < -0.3 is 9.47 Å². The van der Waals surface area contributed by atoms with Crippen molar-refractivity contribution in [3.8, 4) is 0 Å². The van der Waals surface area contributed by atoms with E-state index in [0.29, 0.717) is 11.4 Å². The van der Waals surface area contributed by atoms with Crippen LogP contribution in [0.15, 0.2) is 18.2 Å². The van der Waals surface area contributed by atoms with Crippen molar-refractivity contribution < 1.29 is 4.39 Å². The molecule has 2 heterocycles. The Morgan fingerprint density at radius 1 is 1.48 bits per heavy atom. The molecule has 2 atom stereocenters. The van der Waals surface area contributed by atoms with Crippen molar-refractivity contribution in [1.29, 1.82) is 0 Å². The van der Waals surface area contributed by atoms with Crippen LogP contribution in [0.25, 0.3) is 11.0 Å². The van der Waals surface area contributed by atoms with Gasteiger partial charge in [0.1, 0.15) is 11.3 Å². The van der Waals surface area contributed by atoms with Crippen LogP contribution >= 0.6 is 11.6 Å². The normalized spacial score (nSPS) is 21.2. The molecule has 2 unspecified atom stereocenters. The molecule has 2 aromatic rings. The molecular weight excluding hydrogens is 289 g/mol. The van der Waals surface area contributed by atoms with Crippen molar-refractivity contribution in [2.75, 3.05) is 19.6 Å². The lowest BCUT2D eigenvalue weighted by atomic mass is 10.1. The average molecular weight is 310 g/mol. The molecule has 5 heteroatoms. The van der Waals surface area contributed by atoms with Gasteiger partial charge in [0.15, 0.2) is 5.82 Å². The van der Waals surface area contributed by atoms with Crippen LogP contribution in [0.1, 0.15) is 31.5 Å². The zero-order valence-corrected chi connectivity index (χ0v) is 13.3. The van der Waals surface area contributed by atoms with E-state index in [-0.39, 0.29) is 11.2 Å². The number of hydrogen-bond acceptors (Lipinski definition) is 2. The third kappa shape index (κ3) is 2.79. The Morgan fingerprint density at radius 3 is 2.95 bits per heavy atom. The summed E-state index contributed by atoms with van der Waals surface area (Å²) in [6.07, 6.45) is 1.18. The Balaban J connectivity index is 1.96. The van der Waals surface area contributed by atoms with Crippen LogP contribution in [0, 0.1) is 11.7 Å². The molecule has 1 aliphatic heterocycles. The van der Waals surface area contributed by atoms with Crippen molar-refractivity contribution in [2.45, 2.75) is 32.2 Å². The van der Waals surface area contributed by atoms with Crippen LogP contribution in [0.4, 0.5) is 4.39 Å². The van der Waals surface area contributed by atoms with Crippen LogP contribution in [0.2, 0.25) is 0 Å². The molecule has 0 amide bonds. The predicted octanol–water partition coefficient (Wildman–Crippen LogP) is 3.82. The minimum Gasteiger partial charge on any atom is -0.326 e. The Labute approximate surface area is 129 Å². The maximum absolute atomic E-state index is 13.9. The van der Waals surface area contributed by atoms with Crippen molar-refractivity contribution in [1.82, 2.24) is 14.5 Å². The number of likely N-dealkylation sites (tertiary alicyclic amines) is 1. The number of rotatable bonds is 4. The van der Waals surface area contributed by atoms with E-state index in [1.807, 2.05) is 13.0 Å². The van der Waals surface area contributed by atoms with Crippen molar-refractivity contribution in [3.05, 3.63) is 29.8 Å². The van der Waals surface area contributed by atoms with Crippen molar-refractivity contribution in [2.24, 2.45) is 5.92 Å². The van der Waals surface area contributed by atoms with Gasteiger partial charge in [0.2, 0.25) is 0 Å². The SMILES string of the molecule is CCN1CCC(Cn2c(C(C)Cl)nc3c(F)cccc32)C1. The summed E-state index contributed by atoms with van der Waals surface area (Å²) in [6.45, 7) is 8.29. The molecule has 1 saturated heterocycles. The van der Waals surface area contributed by atoms with Gasteiger partial charge in [-0.15, -0.1) is 11.6 Å². The minimum atomic E-state index is -0.272. The summed E-state index contributed by atoms with van der Waals surface area (Å²) < 4.78 is 16.1. The first-order chi connectivity index (χ1) is 10.1. The fourth-order valence-electron chi connectivity index (χ4n) is 3.23. The lowest BCUT2D eigenvalue weighted by Gasteiger charge is -2.16. The van der Waals surface area contributed by atoms with Crippen LogP contribution in [0.3, 0.4) is 0 Å². The number of alkyl halides is 1. The zero-order valence-electron chi connectivity index (χ0n) is 12.5. The number of imidazole rings is 1. The highest BCUT2D eigenvalue weighted by atomic mass is 35.5. The van der Waals surface area contributed by atoms with Crippen LogP contribution in [-0.4, -0.2) is 34.1 Å². The summed E-state index contributed by atoms with van der Waals surface area (Å²) in [5, 5.41) is -0.222. The highest BCUT2D eigenvalue weighted by molar-refractivity contribution is 6.20. The molecule has 0 N–H and O–H groups in total. The quantitative estimate of drug-likeness (QED) is 0.801. The molecule has 3 rings (SSSR count). The molecule has 1 fully saturated rings. The fourth-order valence-corrected chi connectivity index (χ4v) is 3.40. The zero-order chi connectivity index (χ0) is 15.0. The van der Waals surface area contributed by atoms with Crippen molar-refractivity contribution >= 4 is 22.6 Å². The van der Waals surface area contributed by atoms with Gasteiger partial charge in [-0.05, 0) is 44.5 Å². The molecule has 0 bridgehead atoms. The molecule has 0 aliphatic carbocycles. The van der Waals surface area contributed by atoms with E-state index in [2.05, 4.69) is 21.4 Å². The number of nitrogens with zero attached hydrogens (tertiary/aromatic N) is 3. The topological polar surface area (TPSA) is 21.1 Å². The van der Waals surface area contributed by atoms with E-state index in [1.165, 1.54) is 12.5 Å². The van der Waals surface area contributed by atoms with E-state index in [1.54, 1.807) is 6.07 Å². The smallest absolute Gasteiger partial charge is 0.151 e. The average Bonchev–Trinajstić information content (AvgIpc) is 3.05. The van der Waals surface area contributed by atoms with E-state index in [9.17, 15) is 4.39 Å². The molecule has 0 radical (unpaired) electrons. The second-order valence-corrected chi connectivity index (χ2v) is 6.51. The Morgan fingerprint density at radius 2 is 2.29 bits per heavy atom. The largest absolute Gasteiger partial charge is 0.326 e. The lowest BCUT2D eigenvalue weighted by Crippen LogP contribution is -2.21. The van der Waals surface area contributed by atoms with Gasteiger partial charge in [0.05, 0.1) is 10.9 Å². The minimum absolute atomic E-state index is 0.222. The standard InChI is InChI=1S/C16H21ClFN3/c1-3-20-8-7-12(9-20)10-21-14-6-4-5-13(18)15(14)19-16(21)11(2)17/h4-6,11-12H,3,7-10H2,1-2H3. The molecule has 21 heavy (non-hydrogen) atoms. The Hall–Kier alpha value is -1.13. The first-order valence-corrected chi connectivity index (χ1v) is 8.04. The summed E-state index contributed by atoms with van der Waals surface area (Å²) in [7, 11) is 0. The highest BCUT2D eigenvalue weighted by Gasteiger charge is 2.25. The highest BCUT2D eigenvalue weighted by Crippen LogP contribution is 2.28. The van der Waals surface area contributed by atoms with Gasteiger partial charge >= 0.3 is 0 Å². The number of aromatic nitrogens is 2. The lowest BCUT2D eigenvalue weighted by molar-refractivity contribution is 0.332. The molecule has 1 aliphatic rings. The summed E-state index contributed by atoms with van der Waals surface area (Å²) >= 11 is 6.26. The molecule has 1 aromatic carbocycles. The van der Waals surface area contributed by atoms with Crippen molar-refractivity contribution in [3.63, 3.8) is 0 Å². The monoisotopic (exact) mass is 309 g/mol. The Kier molecular flexibility index (Phi) is 4.18. The first-order valence-electron chi connectivity index (χ1n) is 7.61. The maximum atomic E-state index is 13.9. The van der Waals surface area contributed by atoms with Crippen LogP contribution in [0.5, 0.6) is 0 Å². The Bertz CT molecular complexity index is 638. The second kappa shape index (κ2) is 5.93. The van der Waals surface area contributed by atoms with Gasteiger partial charge in [-0.3, -0.25) is 0 Å². The fraction of sp³-hybridized carbons (Fsp3) is 0.562. The van der Waals surface area contributed by atoms with E-state index >= 15 is 0 Å². The first kappa shape index (κ1) is 14.8. The summed E-state index contributed by atoms with van der Waals surface area (Å²) in [5.74, 6) is 1.08. The second-order valence-electron chi connectivity index (χ2n) is 5.85. The van der Waals surface area contributed by atoms with Gasteiger partial charge in [-0.1, -0.05) is 13.0 Å². The molecule has 114 valence electrons. The number of fused-ring (bicyclic) bond motifs is 1. The molecule has 0 saturated carbocycles. The van der Waals surface area contributed by atoms with Crippen LogP contribution in [-0.2, 0) is 6.54 Å². The summed E-state index contributed by atoms with van der Waals surface area (Å²) in [4.78, 5) is 6.89. The third-order valence-corrected chi connectivity index (χ3v) is 4.57. The van der Waals surface area contributed by atoms with Crippen LogP contribution < -0.4 is 0 Å². The number of hydrogen-bond donors (Lipinski definition) is 0. The number of benzene rings is 1. The van der Waals surface area contributed by atoms with Gasteiger partial charge in [-0.2, -0.15) is 0 Å². The summed E-state index contributed by atoms with van der Waals surface area (Å²) in [5.41, 5.74) is 1.29. The van der Waals surface area contributed by atoms with E-state index < -0.39 is 0 Å². The molecule has 3 nitrogen and oxygen atoms in total. The number of halogens is 2. The maximum Gasteiger partial charge on any atom is 0.151 e. The molecular formula is C16H21ClFN3. The van der Waals surface area contributed by atoms with Gasteiger partial charge in [0, 0.05) is 13.1 Å². The van der Waals surface area contributed by atoms with E-state index in [0.717, 1.165) is 37.5 Å². The van der Waals surface area contributed by atoms with Gasteiger partial charge in [0.25, 0.3) is 0 Å². The molecule has 1 aromatic heterocycles. The number of para-hydroxylation sites is 1. The summed E-state index contributed by atoms with van der Waals surface area (Å²) in [6, 6.07) is 5.13. The molecule has 0 spiro atoms.